The van der Waals surface area contributed by atoms with Gasteiger partial charge < -0.3 is 14.5 Å². The number of thioether (sulfide) groups is 1. The van der Waals surface area contributed by atoms with Crippen LogP contribution in [-0.2, 0) is 11.4 Å². The Kier molecular flexibility index (Phi) is 6.75. The highest BCUT2D eigenvalue weighted by Gasteiger charge is 2.13. The smallest absolute Gasteiger partial charge is 0.277 e. The van der Waals surface area contributed by atoms with Crippen molar-refractivity contribution in [3.8, 4) is 5.75 Å². The minimum Gasteiger partial charge on any atom is -0.484 e. The molecule has 0 aliphatic heterocycles. The number of nitrogens with zero attached hydrogens (tertiary/aromatic N) is 2. The maximum Gasteiger partial charge on any atom is 0.277 e. The van der Waals surface area contributed by atoms with Gasteiger partial charge in [0.15, 0.2) is 6.61 Å². The van der Waals surface area contributed by atoms with Gasteiger partial charge in [0.1, 0.15) is 5.75 Å². The Hall–Kier alpha value is -3.32. The van der Waals surface area contributed by atoms with Crippen LogP contribution in [0, 0.1) is 6.92 Å². The van der Waals surface area contributed by atoms with Gasteiger partial charge in [-0.15, -0.1) is 10.2 Å². The molecule has 0 unspecified atom stereocenters. The second-order valence-electron chi connectivity index (χ2n) is 7.81. The van der Waals surface area contributed by atoms with Crippen molar-refractivity contribution in [3.63, 3.8) is 0 Å². The third-order valence-corrected chi connectivity index (χ3v) is 5.80. The molecule has 6 nitrogen and oxygen atoms in total. The Morgan fingerprint density at radius 3 is 2.75 bits per heavy atom. The van der Waals surface area contributed by atoms with Gasteiger partial charge in [-0.3, -0.25) is 4.79 Å². The van der Waals surface area contributed by atoms with Gasteiger partial charge in [-0.25, -0.2) is 0 Å². The van der Waals surface area contributed by atoms with Crippen LogP contribution in [0.1, 0.15) is 36.8 Å². The van der Waals surface area contributed by atoms with E-state index in [0.717, 1.165) is 33.3 Å². The molecule has 0 bridgehead atoms. The first kappa shape index (κ1) is 21.9. The number of hydrogen-bond donors (Lipinski definition) is 1. The lowest BCUT2D eigenvalue weighted by atomic mass is 10.0. The van der Waals surface area contributed by atoms with Crippen LogP contribution in [0.3, 0.4) is 0 Å². The summed E-state index contributed by atoms with van der Waals surface area (Å²) < 4.78 is 11.6. The molecule has 1 heterocycles. The zero-order valence-corrected chi connectivity index (χ0v) is 19.1. The molecule has 0 aliphatic carbocycles. The topological polar surface area (TPSA) is 77.2 Å². The summed E-state index contributed by atoms with van der Waals surface area (Å²) in [5.74, 6) is 1.57. The number of benzene rings is 3. The van der Waals surface area contributed by atoms with Crippen LogP contribution < -0.4 is 10.1 Å². The monoisotopic (exact) mass is 447 g/mol. The van der Waals surface area contributed by atoms with Crippen LogP contribution >= 0.6 is 11.8 Å². The van der Waals surface area contributed by atoms with Gasteiger partial charge in [0, 0.05) is 11.1 Å². The lowest BCUT2D eigenvalue weighted by Gasteiger charge is -2.13. The summed E-state index contributed by atoms with van der Waals surface area (Å²) in [6.07, 6.45) is 0. The second kappa shape index (κ2) is 9.87. The average molecular weight is 448 g/mol. The molecule has 4 rings (SSSR count). The predicted molar refractivity (Wildman–Crippen MR) is 127 cm³/mol. The van der Waals surface area contributed by atoms with E-state index in [0.29, 0.717) is 17.0 Å². The fourth-order valence-corrected chi connectivity index (χ4v) is 3.97. The number of aryl methyl sites for hydroxylation is 1. The van der Waals surface area contributed by atoms with Gasteiger partial charge in [0.2, 0.25) is 5.91 Å². The van der Waals surface area contributed by atoms with E-state index >= 15 is 0 Å². The average Bonchev–Trinajstić information content (AvgIpc) is 3.24. The Bertz CT molecular complexity index is 1230. The SMILES string of the molecule is Cc1ccc(C(C)C)c(OCc2nnc(SCC(=O)Nc3cccc4ccccc34)o2)c1. The molecule has 0 saturated carbocycles. The van der Waals surface area contributed by atoms with Crippen LogP contribution in [-0.4, -0.2) is 21.9 Å². The quantitative estimate of drug-likeness (QED) is 0.336. The number of hydrogen-bond acceptors (Lipinski definition) is 6. The van der Waals surface area contributed by atoms with E-state index in [1.54, 1.807) is 0 Å². The molecule has 0 spiro atoms. The van der Waals surface area contributed by atoms with Crippen molar-refractivity contribution in [1.29, 1.82) is 0 Å². The Morgan fingerprint density at radius 1 is 1.09 bits per heavy atom. The number of rotatable bonds is 8. The summed E-state index contributed by atoms with van der Waals surface area (Å²) in [6.45, 7) is 6.46. The highest BCUT2D eigenvalue weighted by atomic mass is 32.2. The predicted octanol–water partition coefficient (Wildman–Crippen LogP) is 5.96. The molecule has 164 valence electrons. The highest BCUT2D eigenvalue weighted by Crippen LogP contribution is 2.28. The van der Waals surface area contributed by atoms with E-state index < -0.39 is 0 Å². The molecule has 4 aromatic rings. The number of anilines is 1. The fraction of sp³-hybridized carbons (Fsp3) is 0.240. The summed E-state index contributed by atoms with van der Waals surface area (Å²) in [6, 6.07) is 19.9. The number of nitrogens with one attached hydrogen (secondary N) is 1. The zero-order chi connectivity index (χ0) is 22.5. The minimum absolute atomic E-state index is 0.135. The minimum atomic E-state index is -0.135. The van der Waals surface area contributed by atoms with Gasteiger partial charge in [-0.2, -0.15) is 0 Å². The number of carbonyl (C=O) groups excluding carboxylic acids is 1. The maximum atomic E-state index is 12.4. The summed E-state index contributed by atoms with van der Waals surface area (Å²) >= 11 is 1.20. The van der Waals surface area contributed by atoms with E-state index in [-0.39, 0.29) is 18.3 Å². The van der Waals surface area contributed by atoms with Crippen molar-refractivity contribution in [2.24, 2.45) is 0 Å². The number of aromatic nitrogens is 2. The van der Waals surface area contributed by atoms with Crippen LogP contribution in [0.4, 0.5) is 5.69 Å². The molecule has 1 aromatic heterocycles. The Balaban J connectivity index is 1.33. The first-order valence-electron chi connectivity index (χ1n) is 10.5. The normalized spacial score (nSPS) is 11.1. The molecule has 0 saturated heterocycles. The van der Waals surface area contributed by atoms with Gasteiger partial charge in [0.05, 0.1) is 5.75 Å². The lowest BCUT2D eigenvalue weighted by molar-refractivity contribution is -0.113. The van der Waals surface area contributed by atoms with Crippen molar-refractivity contribution in [1.82, 2.24) is 10.2 Å². The summed E-state index contributed by atoms with van der Waals surface area (Å²) in [4.78, 5) is 12.4. The van der Waals surface area contributed by atoms with Crippen molar-refractivity contribution < 1.29 is 13.9 Å². The van der Waals surface area contributed by atoms with Gasteiger partial charge >= 0.3 is 0 Å². The van der Waals surface area contributed by atoms with Gasteiger partial charge in [-0.1, -0.05) is 74.1 Å². The van der Waals surface area contributed by atoms with Crippen LogP contribution in [0.2, 0.25) is 0 Å². The third-order valence-electron chi connectivity index (χ3n) is 4.98. The molecule has 1 amide bonds. The molecule has 1 N–H and O–H groups in total. The summed E-state index contributed by atoms with van der Waals surface area (Å²) in [5.41, 5.74) is 3.05. The van der Waals surface area contributed by atoms with Crippen LogP contribution in [0.25, 0.3) is 10.8 Å². The van der Waals surface area contributed by atoms with Crippen molar-refractivity contribution >= 4 is 34.1 Å². The van der Waals surface area contributed by atoms with Crippen LogP contribution in [0.15, 0.2) is 70.3 Å². The summed E-state index contributed by atoms with van der Waals surface area (Å²) in [7, 11) is 0. The molecular formula is C25H25N3O3S. The van der Waals surface area contributed by atoms with E-state index in [4.69, 9.17) is 9.15 Å². The molecule has 3 aromatic carbocycles. The zero-order valence-electron chi connectivity index (χ0n) is 18.3. The van der Waals surface area contributed by atoms with Gasteiger partial charge in [0.25, 0.3) is 11.1 Å². The second-order valence-corrected chi connectivity index (χ2v) is 8.74. The number of carbonyl (C=O) groups is 1. The Labute approximate surface area is 191 Å². The maximum absolute atomic E-state index is 12.4. The molecule has 7 heteroatoms. The number of amides is 1. The third kappa shape index (κ3) is 5.29. The van der Waals surface area contributed by atoms with E-state index in [1.807, 2.05) is 55.5 Å². The van der Waals surface area contributed by atoms with E-state index in [2.05, 4.69) is 41.5 Å². The fourth-order valence-electron chi connectivity index (χ4n) is 3.39. The number of fused-ring (bicyclic) bond motifs is 1. The van der Waals surface area contributed by atoms with Crippen molar-refractivity contribution in [2.45, 2.75) is 38.5 Å². The van der Waals surface area contributed by atoms with E-state index in [1.165, 1.54) is 11.8 Å². The molecule has 0 aliphatic rings. The first-order chi connectivity index (χ1) is 15.5. The first-order valence-corrected chi connectivity index (χ1v) is 11.4. The Morgan fingerprint density at radius 2 is 1.91 bits per heavy atom. The molecule has 0 fully saturated rings. The number of ether oxygens (including phenoxy) is 1. The largest absolute Gasteiger partial charge is 0.484 e. The standard InChI is InChI=1S/C25H25N3O3S/c1-16(2)19-12-11-17(3)13-22(19)30-14-24-27-28-25(31-24)32-15-23(29)26-21-10-6-8-18-7-4-5-9-20(18)21/h4-13,16H,14-15H2,1-3H3,(H,26,29). The molecule has 0 radical (unpaired) electrons. The lowest BCUT2D eigenvalue weighted by Crippen LogP contribution is -2.14. The molecule has 0 atom stereocenters. The van der Waals surface area contributed by atoms with Crippen molar-refractivity contribution in [3.05, 3.63) is 77.7 Å². The van der Waals surface area contributed by atoms with Crippen LogP contribution in [0.5, 0.6) is 5.75 Å². The highest BCUT2D eigenvalue weighted by molar-refractivity contribution is 7.99. The summed E-state index contributed by atoms with van der Waals surface area (Å²) in [5, 5.41) is 13.4. The van der Waals surface area contributed by atoms with Gasteiger partial charge in [-0.05, 0) is 41.5 Å². The molecular weight excluding hydrogens is 422 g/mol. The molecule has 32 heavy (non-hydrogen) atoms. The van der Waals surface area contributed by atoms with Crippen molar-refractivity contribution in [2.75, 3.05) is 11.1 Å². The van der Waals surface area contributed by atoms with E-state index in [9.17, 15) is 4.79 Å².